The van der Waals surface area contributed by atoms with E-state index in [2.05, 4.69) is 20.3 Å². The Kier molecular flexibility index (Phi) is 4.94. The Morgan fingerprint density at radius 1 is 1.40 bits per heavy atom. The Hall–Kier alpha value is -2.54. The maximum absolute atomic E-state index is 12.5. The van der Waals surface area contributed by atoms with E-state index in [1.54, 1.807) is 20.0 Å². The van der Waals surface area contributed by atoms with Gasteiger partial charge in [0.1, 0.15) is 5.82 Å². The number of nitrogens with zero attached hydrogens (tertiary/aromatic N) is 2. The van der Waals surface area contributed by atoms with E-state index in [0.717, 1.165) is 5.69 Å². The number of carbonyl (C=O) groups is 1. The molecule has 2 heterocycles. The number of carbonyl (C=O) groups excluding carboxylic acids is 1. The molecule has 132 valence electrons. The molecule has 3 rings (SSSR count). The van der Waals surface area contributed by atoms with Crippen molar-refractivity contribution in [2.75, 3.05) is 0 Å². The van der Waals surface area contributed by atoms with Crippen molar-refractivity contribution >= 4 is 5.91 Å². The minimum Gasteiger partial charge on any atom is -0.393 e. The van der Waals surface area contributed by atoms with Gasteiger partial charge in [-0.2, -0.15) is 0 Å². The van der Waals surface area contributed by atoms with Crippen molar-refractivity contribution in [3.8, 4) is 0 Å². The highest BCUT2D eigenvalue weighted by Gasteiger charge is 2.36. The molecule has 1 amide bonds. The summed E-state index contributed by atoms with van der Waals surface area (Å²) in [7, 11) is 0. The van der Waals surface area contributed by atoms with Crippen LogP contribution in [0.1, 0.15) is 41.7 Å². The van der Waals surface area contributed by atoms with Gasteiger partial charge in [0, 0.05) is 17.5 Å². The first-order valence-electron chi connectivity index (χ1n) is 8.38. The maximum Gasteiger partial charge on any atom is 0.254 e. The van der Waals surface area contributed by atoms with Gasteiger partial charge in [0.2, 0.25) is 5.91 Å². The van der Waals surface area contributed by atoms with Crippen molar-refractivity contribution < 1.29 is 9.90 Å². The number of hydrogen-bond donors (Lipinski definition) is 3. The molecule has 1 aliphatic carbocycles. The predicted octanol–water partition coefficient (Wildman–Crippen LogP) is 0.953. The van der Waals surface area contributed by atoms with Crippen LogP contribution in [0.3, 0.4) is 0 Å². The van der Waals surface area contributed by atoms with Crippen LogP contribution in [-0.4, -0.2) is 32.1 Å². The monoisotopic (exact) mass is 342 g/mol. The molecular formula is C18H22N4O3. The van der Waals surface area contributed by atoms with Crippen LogP contribution in [-0.2, 0) is 11.2 Å². The van der Waals surface area contributed by atoms with E-state index in [9.17, 15) is 14.7 Å². The summed E-state index contributed by atoms with van der Waals surface area (Å²) >= 11 is 0. The lowest BCUT2D eigenvalue weighted by molar-refractivity contribution is -0.122. The lowest BCUT2D eigenvalue weighted by Crippen LogP contribution is -2.42. The lowest BCUT2D eigenvalue weighted by atomic mass is 9.76. The summed E-state index contributed by atoms with van der Waals surface area (Å²) in [5, 5.41) is 12.6. The van der Waals surface area contributed by atoms with E-state index in [0.29, 0.717) is 29.9 Å². The number of nitrogens with one attached hydrogen (secondary N) is 2. The lowest BCUT2D eigenvalue weighted by Gasteiger charge is -2.37. The Morgan fingerprint density at radius 2 is 2.16 bits per heavy atom. The van der Waals surface area contributed by atoms with Crippen molar-refractivity contribution in [2.24, 2.45) is 5.92 Å². The van der Waals surface area contributed by atoms with Crippen LogP contribution in [0.5, 0.6) is 0 Å². The second-order valence-electron chi connectivity index (χ2n) is 6.58. The van der Waals surface area contributed by atoms with E-state index in [1.165, 1.54) is 0 Å². The minimum atomic E-state index is -0.320. The number of rotatable bonds is 5. The van der Waals surface area contributed by atoms with Gasteiger partial charge >= 0.3 is 0 Å². The molecule has 0 bridgehead atoms. The highest BCUT2D eigenvalue weighted by molar-refractivity contribution is 5.79. The summed E-state index contributed by atoms with van der Waals surface area (Å²) in [4.78, 5) is 35.8. The quantitative estimate of drug-likeness (QED) is 0.750. The molecule has 7 nitrogen and oxygen atoms in total. The van der Waals surface area contributed by atoms with Crippen molar-refractivity contribution in [1.82, 2.24) is 20.3 Å². The fourth-order valence-electron chi connectivity index (χ4n) is 3.24. The standard InChI is InChI=1S/C18H22N4O3/c1-10-14(18(25)21-11(2)20-10)9-16(24)22-17(12-7-13(23)8-12)15-5-3-4-6-19-15/h3-6,12-13,17,23H,7-9H2,1-2H3,(H,22,24)(H,20,21,25)/t12?,13?,17-/m0/s1. The van der Waals surface area contributed by atoms with Gasteiger partial charge < -0.3 is 15.4 Å². The molecule has 2 aromatic rings. The molecular weight excluding hydrogens is 320 g/mol. The fraction of sp³-hybridized carbons (Fsp3) is 0.444. The SMILES string of the molecule is Cc1nc(C)c(CC(=O)N[C@H](c2ccccn2)C2CC(O)C2)c(=O)[nH]1. The van der Waals surface area contributed by atoms with Gasteiger partial charge in [-0.15, -0.1) is 0 Å². The average molecular weight is 342 g/mol. The first kappa shape index (κ1) is 17.3. The summed E-state index contributed by atoms with van der Waals surface area (Å²) in [6, 6.07) is 5.28. The third-order valence-corrected chi connectivity index (χ3v) is 4.62. The first-order valence-corrected chi connectivity index (χ1v) is 8.38. The Balaban J connectivity index is 1.76. The van der Waals surface area contributed by atoms with Crippen LogP contribution < -0.4 is 10.9 Å². The molecule has 1 fully saturated rings. The van der Waals surface area contributed by atoms with Crippen LogP contribution in [0, 0.1) is 19.8 Å². The molecule has 1 aliphatic rings. The van der Waals surface area contributed by atoms with Gasteiger partial charge in [0.15, 0.2) is 0 Å². The molecule has 0 unspecified atom stereocenters. The van der Waals surface area contributed by atoms with Gasteiger partial charge in [-0.05, 0) is 44.7 Å². The van der Waals surface area contributed by atoms with Gasteiger partial charge in [-0.25, -0.2) is 4.98 Å². The third kappa shape index (κ3) is 3.93. The van der Waals surface area contributed by atoms with Crippen LogP contribution in [0.2, 0.25) is 0 Å². The molecule has 25 heavy (non-hydrogen) atoms. The van der Waals surface area contributed by atoms with Crippen molar-refractivity contribution in [3.63, 3.8) is 0 Å². The fourth-order valence-corrected chi connectivity index (χ4v) is 3.24. The molecule has 2 aromatic heterocycles. The highest BCUT2D eigenvalue weighted by atomic mass is 16.3. The zero-order chi connectivity index (χ0) is 18.0. The predicted molar refractivity (Wildman–Crippen MR) is 91.9 cm³/mol. The molecule has 3 N–H and O–H groups in total. The zero-order valence-corrected chi connectivity index (χ0v) is 14.3. The number of aliphatic hydroxyl groups is 1. The molecule has 0 saturated heterocycles. The maximum atomic E-state index is 12.5. The van der Waals surface area contributed by atoms with E-state index < -0.39 is 0 Å². The van der Waals surface area contributed by atoms with Crippen molar-refractivity contribution in [3.05, 3.63) is 57.5 Å². The highest BCUT2D eigenvalue weighted by Crippen LogP contribution is 2.37. The number of amides is 1. The van der Waals surface area contributed by atoms with E-state index in [4.69, 9.17) is 0 Å². The number of H-pyrrole nitrogens is 1. The number of aromatic nitrogens is 3. The van der Waals surface area contributed by atoms with Crippen LogP contribution >= 0.6 is 0 Å². The molecule has 0 radical (unpaired) electrons. The first-order chi connectivity index (χ1) is 11.9. The van der Waals surface area contributed by atoms with E-state index >= 15 is 0 Å². The average Bonchev–Trinajstić information content (AvgIpc) is 2.54. The minimum absolute atomic E-state index is 0.0347. The van der Waals surface area contributed by atoms with Gasteiger partial charge in [0.25, 0.3) is 5.56 Å². The Labute approximate surface area is 145 Å². The molecule has 0 aliphatic heterocycles. The molecule has 0 spiro atoms. The van der Waals surface area contributed by atoms with E-state index in [1.807, 2.05) is 18.2 Å². The normalized spacial score (nSPS) is 20.6. The Bertz CT molecular complexity index is 813. The summed E-state index contributed by atoms with van der Waals surface area (Å²) in [5.74, 6) is 0.419. The number of pyridine rings is 1. The number of aliphatic hydroxyl groups excluding tert-OH is 1. The van der Waals surface area contributed by atoms with Crippen LogP contribution in [0.25, 0.3) is 0 Å². The largest absolute Gasteiger partial charge is 0.393 e. The summed E-state index contributed by atoms with van der Waals surface area (Å²) in [6.45, 7) is 3.43. The molecule has 7 heteroatoms. The second kappa shape index (κ2) is 7.14. The third-order valence-electron chi connectivity index (χ3n) is 4.62. The van der Waals surface area contributed by atoms with Crippen molar-refractivity contribution in [1.29, 1.82) is 0 Å². The molecule has 0 aromatic carbocycles. The van der Waals surface area contributed by atoms with Crippen molar-refractivity contribution in [2.45, 2.75) is 45.3 Å². The van der Waals surface area contributed by atoms with Crippen LogP contribution in [0.15, 0.2) is 29.2 Å². The number of aryl methyl sites for hydroxylation is 2. The molecule has 1 atom stereocenters. The topological polar surface area (TPSA) is 108 Å². The van der Waals surface area contributed by atoms with Crippen LogP contribution in [0.4, 0.5) is 0 Å². The summed E-state index contributed by atoms with van der Waals surface area (Å²) in [6.07, 6.45) is 2.59. The second-order valence-corrected chi connectivity index (χ2v) is 6.58. The number of hydrogen-bond acceptors (Lipinski definition) is 5. The summed E-state index contributed by atoms with van der Waals surface area (Å²) in [5.41, 5.74) is 1.41. The van der Waals surface area contributed by atoms with E-state index in [-0.39, 0.29) is 36.0 Å². The van der Waals surface area contributed by atoms with Gasteiger partial charge in [-0.3, -0.25) is 14.6 Å². The number of aromatic amines is 1. The Morgan fingerprint density at radius 3 is 2.76 bits per heavy atom. The van der Waals surface area contributed by atoms with Gasteiger partial charge in [0.05, 0.1) is 24.3 Å². The molecule has 1 saturated carbocycles. The smallest absolute Gasteiger partial charge is 0.254 e. The zero-order valence-electron chi connectivity index (χ0n) is 14.3. The van der Waals surface area contributed by atoms with Gasteiger partial charge in [-0.1, -0.05) is 6.07 Å². The summed E-state index contributed by atoms with van der Waals surface area (Å²) < 4.78 is 0.